The topological polar surface area (TPSA) is 66.4 Å². The summed E-state index contributed by atoms with van der Waals surface area (Å²) in [6.45, 7) is 5.16. The third-order valence-corrected chi connectivity index (χ3v) is 4.71. The summed E-state index contributed by atoms with van der Waals surface area (Å²) in [7, 11) is 0. The molecule has 0 fully saturated rings. The van der Waals surface area contributed by atoms with Crippen molar-refractivity contribution >= 4 is 39.1 Å². The van der Waals surface area contributed by atoms with Gasteiger partial charge < -0.3 is 10.4 Å². The molecule has 0 aliphatic heterocycles. The van der Waals surface area contributed by atoms with E-state index in [1.807, 2.05) is 6.92 Å². The summed E-state index contributed by atoms with van der Waals surface area (Å²) in [6, 6.07) is 1.38. The van der Waals surface area contributed by atoms with E-state index in [0.717, 1.165) is 9.35 Å². The number of aryl methyl sites for hydroxylation is 1. The number of hydrogen-bond donors (Lipinski definition) is 2. The zero-order valence-electron chi connectivity index (χ0n) is 9.78. The molecule has 0 saturated heterocycles. The van der Waals surface area contributed by atoms with E-state index in [2.05, 4.69) is 21.2 Å². The molecule has 2 atom stereocenters. The normalized spacial score (nSPS) is 14.1. The fourth-order valence-electron chi connectivity index (χ4n) is 1.19. The Morgan fingerprint density at radius 3 is 2.47 bits per heavy atom. The molecule has 6 heteroatoms. The van der Waals surface area contributed by atoms with Gasteiger partial charge in [-0.3, -0.25) is 9.59 Å². The second kappa shape index (κ2) is 5.64. The fourth-order valence-corrected chi connectivity index (χ4v) is 2.63. The van der Waals surface area contributed by atoms with Crippen molar-refractivity contribution in [3.8, 4) is 0 Å². The molecule has 17 heavy (non-hydrogen) atoms. The SMILES string of the molecule is Cc1cc(C(=O)NC(C)C(C)C(=O)O)sc1Br. The molecule has 0 aliphatic carbocycles. The zero-order chi connectivity index (χ0) is 13.2. The number of carboxylic acid groups (broad SMARTS) is 1. The van der Waals surface area contributed by atoms with E-state index in [4.69, 9.17) is 5.11 Å². The summed E-state index contributed by atoms with van der Waals surface area (Å²) in [5.74, 6) is -1.76. The van der Waals surface area contributed by atoms with Crippen LogP contribution in [-0.2, 0) is 4.79 Å². The van der Waals surface area contributed by atoms with Crippen LogP contribution in [0.1, 0.15) is 29.1 Å². The van der Waals surface area contributed by atoms with E-state index in [-0.39, 0.29) is 5.91 Å². The van der Waals surface area contributed by atoms with Crippen LogP contribution in [0, 0.1) is 12.8 Å². The van der Waals surface area contributed by atoms with Crippen molar-refractivity contribution in [1.29, 1.82) is 0 Å². The predicted molar refractivity (Wildman–Crippen MR) is 70.5 cm³/mol. The van der Waals surface area contributed by atoms with E-state index in [0.29, 0.717) is 4.88 Å². The third-order valence-electron chi connectivity index (χ3n) is 2.58. The lowest BCUT2D eigenvalue weighted by atomic mass is 10.0. The number of amides is 1. The smallest absolute Gasteiger partial charge is 0.308 e. The molecule has 1 heterocycles. The second-order valence-electron chi connectivity index (χ2n) is 3.96. The first-order valence-electron chi connectivity index (χ1n) is 5.12. The Morgan fingerprint density at radius 2 is 2.06 bits per heavy atom. The van der Waals surface area contributed by atoms with Gasteiger partial charge in [-0.2, -0.15) is 0 Å². The Bertz CT molecular complexity index is 424. The number of carbonyl (C=O) groups is 2. The zero-order valence-corrected chi connectivity index (χ0v) is 12.2. The van der Waals surface area contributed by atoms with Gasteiger partial charge in [0.25, 0.3) is 5.91 Å². The van der Waals surface area contributed by atoms with Crippen molar-refractivity contribution in [2.75, 3.05) is 0 Å². The number of nitrogens with one attached hydrogen (secondary N) is 1. The molecule has 1 aromatic rings. The van der Waals surface area contributed by atoms with E-state index < -0.39 is 17.9 Å². The molecule has 0 saturated carbocycles. The Morgan fingerprint density at radius 1 is 1.47 bits per heavy atom. The summed E-state index contributed by atoms with van der Waals surface area (Å²) in [5.41, 5.74) is 0.999. The highest BCUT2D eigenvalue weighted by Crippen LogP contribution is 2.27. The van der Waals surface area contributed by atoms with Crippen LogP contribution >= 0.6 is 27.3 Å². The van der Waals surface area contributed by atoms with Crippen molar-refractivity contribution in [2.45, 2.75) is 26.8 Å². The third kappa shape index (κ3) is 3.54. The lowest BCUT2D eigenvalue weighted by molar-refractivity contribution is -0.141. The van der Waals surface area contributed by atoms with Gasteiger partial charge in [0.1, 0.15) is 0 Å². The van der Waals surface area contributed by atoms with Gasteiger partial charge in [0, 0.05) is 6.04 Å². The van der Waals surface area contributed by atoms with Gasteiger partial charge in [-0.1, -0.05) is 0 Å². The first-order valence-corrected chi connectivity index (χ1v) is 6.73. The molecule has 0 radical (unpaired) electrons. The molecule has 2 unspecified atom stereocenters. The maximum atomic E-state index is 11.8. The van der Waals surface area contributed by atoms with Gasteiger partial charge in [0.2, 0.25) is 0 Å². The molecule has 4 nitrogen and oxygen atoms in total. The Hall–Kier alpha value is -0.880. The van der Waals surface area contributed by atoms with Crippen LogP contribution in [0.15, 0.2) is 9.85 Å². The second-order valence-corrected chi connectivity index (χ2v) is 6.33. The van der Waals surface area contributed by atoms with Gasteiger partial charge in [-0.05, 0) is 48.3 Å². The van der Waals surface area contributed by atoms with Crippen LogP contribution in [-0.4, -0.2) is 23.0 Å². The van der Waals surface area contributed by atoms with E-state index in [9.17, 15) is 9.59 Å². The first kappa shape index (κ1) is 14.2. The van der Waals surface area contributed by atoms with Gasteiger partial charge in [-0.25, -0.2) is 0 Å². The number of aliphatic carboxylic acids is 1. The van der Waals surface area contributed by atoms with Crippen molar-refractivity contribution in [1.82, 2.24) is 5.32 Å². The molecular weight excluding hydrogens is 306 g/mol. The van der Waals surface area contributed by atoms with E-state index >= 15 is 0 Å². The summed E-state index contributed by atoms with van der Waals surface area (Å²) >= 11 is 4.69. The number of carboxylic acids is 1. The summed E-state index contributed by atoms with van der Waals surface area (Å²) in [4.78, 5) is 23.2. The monoisotopic (exact) mass is 319 g/mol. The molecule has 1 amide bonds. The Labute approximate surface area is 112 Å². The lowest BCUT2D eigenvalue weighted by Crippen LogP contribution is -2.39. The van der Waals surface area contributed by atoms with Gasteiger partial charge in [0.15, 0.2) is 0 Å². The largest absolute Gasteiger partial charge is 0.481 e. The predicted octanol–water partition coefficient (Wildman–Crippen LogP) is 2.66. The molecule has 0 aromatic carbocycles. The summed E-state index contributed by atoms with van der Waals surface area (Å²) in [5, 5.41) is 11.5. The minimum absolute atomic E-state index is 0.232. The Balaban J connectivity index is 2.69. The minimum atomic E-state index is -0.915. The standard InChI is InChI=1S/C11H14BrNO3S/c1-5-4-8(17-9(5)12)10(14)13-7(3)6(2)11(15)16/h4,6-7H,1-3H3,(H,13,14)(H,15,16). The highest BCUT2D eigenvalue weighted by atomic mass is 79.9. The first-order chi connectivity index (χ1) is 7.82. The Kier molecular flexibility index (Phi) is 4.70. The van der Waals surface area contributed by atoms with Crippen molar-refractivity contribution < 1.29 is 14.7 Å². The molecule has 2 N–H and O–H groups in total. The minimum Gasteiger partial charge on any atom is -0.481 e. The van der Waals surface area contributed by atoms with Crippen LogP contribution < -0.4 is 5.32 Å². The summed E-state index contributed by atoms with van der Waals surface area (Å²) in [6.07, 6.45) is 0. The number of carbonyl (C=O) groups excluding carboxylic acids is 1. The van der Waals surface area contributed by atoms with Crippen LogP contribution in [0.5, 0.6) is 0 Å². The molecular formula is C11H14BrNO3S. The molecule has 1 rings (SSSR count). The van der Waals surface area contributed by atoms with Crippen molar-refractivity contribution in [2.24, 2.45) is 5.92 Å². The highest BCUT2D eigenvalue weighted by Gasteiger charge is 2.22. The van der Waals surface area contributed by atoms with Gasteiger partial charge in [0.05, 0.1) is 14.6 Å². The molecule has 94 valence electrons. The highest BCUT2D eigenvalue weighted by molar-refractivity contribution is 9.11. The number of hydrogen-bond acceptors (Lipinski definition) is 3. The number of thiophene rings is 1. The van der Waals surface area contributed by atoms with Crippen LogP contribution in [0.25, 0.3) is 0 Å². The number of halogens is 1. The average Bonchev–Trinajstić information content (AvgIpc) is 2.58. The maximum Gasteiger partial charge on any atom is 0.308 e. The van der Waals surface area contributed by atoms with Crippen LogP contribution in [0.2, 0.25) is 0 Å². The van der Waals surface area contributed by atoms with Gasteiger partial charge in [-0.15, -0.1) is 11.3 Å². The average molecular weight is 320 g/mol. The molecule has 0 aliphatic rings. The lowest BCUT2D eigenvalue weighted by Gasteiger charge is -2.17. The van der Waals surface area contributed by atoms with Crippen LogP contribution in [0.4, 0.5) is 0 Å². The van der Waals surface area contributed by atoms with Crippen molar-refractivity contribution in [3.63, 3.8) is 0 Å². The maximum absolute atomic E-state index is 11.8. The number of rotatable bonds is 4. The molecule has 0 bridgehead atoms. The fraction of sp³-hybridized carbons (Fsp3) is 0.455. The van der Waals surface area contributed by atoms with Crippen LogP contribution in [0.3, 0.4) is 0 Å². The van der Waals surface area contributed by atoms with E-state index in [1.54, 1.807) is 19.9 Å². The van der Waals surface area contributed by atoms with Crippen molar-refractivity contribution in [3.05, 3.63) is 20.3 Å². The van der Waals surface area contributed by atoms with E-state index in [1.165, 1.54) is 11.3 Å². The quantitative estimate of drug-likeness (QED) is 0.896. The molecule has 0 spiro atoms. The summed E-state index contributed by atoms with van der Waals surface area (Å²) < 4.78 is 0.918. The van der Waals surface area contributed by atoms with Gasteiger partial charge >= 0.3 is 5.97 Å². The molecule has 1 aromatic heterocycles.